The number of urea groups is 1. The summed E-state index contributed by atoms with van der Waals surface area (Å²) in [6.45, 7) is 2.20. The monoisotopic (exact) mass is 260 g/mol. The van der Waals surface area contributed by atoms with E-state index < -0.39 is 0 Å². The van der Waals surface area contributed by atoms with Gasteiger partial charge in [0.2, 0.25) is 0 Å². The second kappa shape index (κ2) is 6.01. The Balaban J connectivity index is 1.84. The molecule has 0 radical (unpaired) electrons. The molecule has 6 nitrogen and oxygen atoms in total. The van der Waals surface area contributed by atoms with Gasteiger partial charge in [0.15, 0.2) is 5.76 Å². The zero-order valence-corrected chi connectivity index (χ0v) is 10.6. The van der Waals surface area contributed by atoms with Gasteiger partial charge in [0.25, 0.3) is 0 Å². The third-order valence-corrected chi connectivity index (χ3v) is 2.61. The van der Waals surface area contributed by atoms with Crippen molar-refractivity contribution in [1.82, 2.24) is 10.5 Å². The van der Waals surface area contributed by atoms with Crippen molar-refractivity contribution in [3.05, 3.63) is 47.9 Å². The van der Waals surface area contributed by atoms with E-state index in [1.54, 1.807) is 6.07 Å². The van der Waals surface area contributed by atoms with Crippen molar-refractivity contribution in [2.24, 2.45) is 5.73 Å². The molecule has 1 unspecified atom stereocenters. The lowest BCUT2D eigenvalue weighted by Crippen LogP contribution is -2.28. The molecule has 0 saturated carbocycles. The number of rotatable bonds is 4. The highest BCUT2D eigenvalue weighted by molar-refractivity contribution is 5.89. The molecule has 2 amide bonds. The van der Waals surface area contributed by atoms with Gasteiger partial charge in [0.05, 0.1) is 12.7 Å². The van der Waals surface area contributed by atoms with Gasteiger partial charge in [-0.2, -0.15) is 0 Å². The fourth-order valence-corrected chi connectivity index (χ4v) is 1.55. The molecule has 100 valence electrons. The smallest absolute Gasteiger partial charge is 0.319 e. The predicted molar refractivity (Wildman–Crippen MR) is 71.4 cm³/mol. The van der Waals surface area contributed by atoms with Crippen LogP contribution >= 0.6 is 0 Å². The number of amides is 2. The van der Waals surface area contributed by atoms with Crippen molar-refractivity contribution in [3.8, 4) is 0 Å². The van der Waals surface area contributed by atoms with E-state index in [1.807, 2.05) is 31.2 Å². The molecule has 2 rings (SSSR count). The molecule has 1 atom stereocenters. The highest BCUT2D eigenvalue weighted by atomic mass is 16.5. The number of nitrogens with zero attached hydrogens (tertiary/aromatic N) is 1. The molecule has 1 aromatic carbocycles. The van der Waals surface area contributed by atoms with Crippen LogP contribution in [-0.2, 0) is 6.54 Å². The van der Waals surface area contributed by atoms with Crippen LogP contribution in [0.3, 0.4) is 0 Å². The lowest BCUT2D eigenvalue weighted by molar-refractivity contribution is 0.250. The molecule has 0 saturated heterocycles. The van der Waals surface area contributed by atoms with E-state index in [2.05, 4.69) is 15.8 Å². The maximum Gasteiger partial charge on any atom is 0.319 e. The van der Waals surface area contributed by atoms with Crippen molar-refractivity contribution in [3.63, 3.8) is 0 Å². The van der Waals surface area contributed by atoms with E-state index in [9.17, 15) is 4.79 Å². The Kier molecular flexibility index (Phi) is 4.15. The van der Waals surface area contributed by atoms with Gasteiger partial charge in [-0.1, -0.05) is 17.3 Å². The van der Waals surface area contributed by atoms with Crippen LogP contribution in [0.5, 0.6) is 0 Å². The minimum atomic E-state index is -0.301. The van der Waals surface area contributed by atoms with Crippen LogP contribution < -0.4 is 16.4 Å². The second-order valence-electron chi connectivity index (χ2n) is 4.20. The SMILES string of the molecule is CC(N)c1ccc(NC(=O)NCc2ccno2)cc1. The lowest BCUT2D eigenvalue weighted by atomic mass is 10.1. The van der Waals surface area contributed by atoms with Gasteiger partial charge in [0.1, 0.15) is 0 Å². The summed E-state index contributed by atoms with van der Waals surface area (Å²) in [5.74, 6) is 0.599. The summed E-state index contributed by atoms with van der Waals surface area (Å²) in [6, 6.07) is 8.77. The summed E-state index contributed by atoms with van der Waals surface area (Å²) < 4.78 is 4.87. The van der Waals surface area contributed by atoms with Crippen molar-refractivity contribution >= 4 is 11.7 Å². The summed E-state index contributed by atoms with van der Waals surface area (Å²) in [5, 5.41) is 8.93. The predicted octanol–water partition coefficient (Wildman–Crippen LogP) is 2.02. The first-order valence-corrected chi connectivity index (χ1v) is 5.95. The van der Waals surface area contributed by atoms with Gasteiger partial charge in [-0.05, 0) is 24.6 Å². The summed E-state index contributed by atoms with van der Waals surface area (Å²) in [6.07, 6.45) is 1.53. The molecule has 19 heavy (non-hydrogen) atoms. The highest BCUT2D eigenvalue weighted by Gasteiger charge is 2.04. The zero-order valence-electron chi connectivity index (χ0n) is 10.6. The molecule has 2 aromatic rings. The fourth-order valence-electron chi connectivity index (χ4n) is 1.55. The van der Waals surface area contributed by atoms with Crippen LogP contribution in [0.1, 0.15) is 24.3 Å². The van der Waals surface area contributed by atoms with Crippen molar-refractivity contribution < 1.29 is 9.32 Å². The number of hydrogen-bond acceptors (Lipinski definition) is 4. The number of benzene rings is 1. The third kappa shape index (κ3) is 3.82. The van der Waals surface area contributed by atoms with Crippen molar-refractivity contribution in [2.75, 3.05) is 5.32 Å². The number of anilines is 1. The minimum absolute atomic E-state index is 0.0191. The standard InChI is InChI=1S/C13H16N4O2/c1-9(14)10-2-4-11(5-3-10)17-13(18)15-8-12-6-7-16-19-12/h2-7,9H,8,14H2,1H3,(H2,15,17,18). The Labute approximate surface area is 111 Å². The molecular weight excluding hydrogens is 244 g/mol. The first-order valence-electron chi connectivity index (χ1n) is 5.95. The molecule has 1 heterocycles. The maximum absolute atomic E-state index is 11.6. The summed E-state index contributed by atoms with van der Waals surface area (Å²) in [4.78, 5) is 11.6. The van der Waals surface area contributed by atoms with Crippen LogP contribution in [0.25, 0.3) is 0 Å². The minimum Gasteiger partial charge on any atom is -0.360 e. The fraction of sp³-hybridized carbons (Fsp3) is 0.231. The number of nitrogens with two attached hydrogens (primary N) is 1. The molecule has 6 heteroatoms. The van der Waals surface area contributed by atoms with E-state index in [0.29, 0.717) is 18.0 Å². The second-order valence-corrected chi connectivity index (χ2v) is 4.20. The molecule has 4 N–H and O–H groups in total. The van der Waals surface area contributed by atoms with Crippen LogP contribution in [0.4, 0.5) is 10.5 Å². The number of nitrogens with one attached hydrogen (secondary N) is 2. The molecule has 1 aromatic heterocycles. The summed E-state index contributed by atoms with van der Waals surface area (Å²) in [7, 11) is 0. The van der Waals surface area contributed by atoms with E-state index in [1.165, 1.54) is 6.20 Å². The van der Waals surface area contributed by atoms with E-state index in [0.717, 1.165) is 5.56 Å². The Bertz CT molecular complexity index is 520. The number of aromatic nitrogens is 1. The largest absolute Gasteiger partial charge is 0.360 e. The Morgan fingerprint density at radius 3 is 2.68 bits per heavy atom. The molecular formula is C13H16N4O2. The molecule has 0 aliphatic rings. The van der Waals surface area contributed by atoms with Crippen molar-refractivity contribution in [1.29, 1.82) is 0 Å². The summed E-state index contributed by atoms with van der Waals surface area (Å²) in [5.41, 5.74) is 7.48. The van der Waals surface area contributed by atoms with Gasteiger partial charge in [0, 0.05) is 17.8 Å². The first kappa shape index (κ1) is 13.1. The maximum atomic E-state index is 11.6. The number of carbonyl (C=O) groups is 1. The quantitative estimate of drug-likeness (QED) is 0.784. The van der Waals surface area contributed by atoms with E-state index >= 15 is 0 Å². The van der Waals surface area contributed by atoms with Gasteiger partial charge in [-0.3, -0.25) is 0 Å². The number of hydrogen-bond donors (Lipinski definition) is 3. The highest BCUT2D eigenvalue weighted by Crippen LogP contribution is 2.13. The van der Waals surface area contributed by atoms with E-state index in [4.69, 9.17) is 10.3 Å². The van der Waals surface area contributed by atoms with Crippen LogP contribution in [0.15, 0.2) is 41.1 Å². The summed E-state index contributed by atoms with van der Waals surface area (Å²) >= 11 is 0. The molecule has 0 fully saturated rings. The van der Waals surface area contributed by atoms with Gasteiger partial charge in [-0.25, -0.2) is 4.79 Å². The topological polar surface area (TPSA) is 93.2 Å². The van der Waals surface area contributed by atoms with Crippen LogP contribution in [-0.4, -0.2) is 11.2 Å². The zero-order chi connectivity index (χ0) is 13.7. The average Bonchev–Trinajstić information content (AvgIpc) is 2.90. The normalized spacial score (nSPS) is 11.9. The Hall–Kier alpha value is -2.34. The lowest BCUT2D eigenvalue weighted by Gasteiger charge is -2.09. The first-order chi connectivity index (χ1) is 9.15. The van der Waals surface area contributed by atoms with Gasteiger partial charge < -0.3 is 20.9 Å². The van der Waals surface area contributed by atoms with Gasteiger partial charge in [-0.15, -0.1) is 0 Å². The average molecular weight is 260 g/mol. The van der Waals surface area contributed by atoms with E-state index in [-0.39, 0.29) is 12.1 Å². The van der Waals surface area contributed by atoms with Gasteiger partial charge >= 0.3 is 6.03 Å². The molecule has 0 aliphatic carbocycles. The molecule has 0 bridgehead atoms. The molecule has 0 aliphatic heterocycles. The Morgan fingerprint density at radius 1 is 1.37 bits per heavy atom. The molecule has 0 spiro atoms. The van der Waals surface area contributed by atoms with Crippen molar-refractivity contribution in [2.45, 2.75) is 19.5 Å². The van der Waals surface area contributed by atoms with Crippen LogP contribution in [0.2, 0.25) is 0 Å². The number of carbonyl (C=O) groups excluding carboxylic acids is 1. The third-order valence-electron chi connectivity index (χ3n) is 2.61. The Morgan fingerprint density at radius 2 is 2.11 bits per heavy atom. The van der Waals surface area contributed by atoms with Crippen LogP contribution in [0, 0.1) is 0 Å².